The smallest absolute Gasteiger partial charge is 0.337 e. The fourth-order valence-corrected chi connectivity index (χ4v) is 4.80. The van der Waals surface area contributed by atoms with Crippen LogP contribution in [0.2, 0.25) is 0 Å². The summed E-state index contributed by atoms with van der Waals surface area (Å²) in [6.45, 7) is 4.16. The van der Waals surface area contributed by atoms with E-state index < -0.39 is 35.1 Å². The van der Waals surface area contributed by atoms with Gasteiger partial charge in [-0.2, -0.15) is 18.2 Å². The van der Waals surface area contributed by atoms with Gasteiger partial charge in [-0.3, -0.25) is 19.1 Å². The Bertz CT molecular complexity index is 1880. The Morgan fingerprint density at radius 1 is 1.20 bits per heavy atom. The first-order chi connectivity index (χ1) is 18.8. The molecule has 0 fully saturated rings. The standard InChI is InChI=1S/C23H20F3N9O4S/c1-10-5-13(6-27-17(10)23(24,25)26)20-31-14(8-40-20)30-19(36)11(2)35-9-28-18-16(35)21(37)34(22(38)33(18)4)7-15-29-12(3)32-39-15/h5-6,8-9,11H,7H2,1-4H3,(H,30,36)/t11-/m0/s1. The van der Waals surface area contributed by atoms with Crippen molar-refractivity contribution in [2.45, 2.75) is 39.5 Å². The number of hydrogen-bond acceptors (Lipinski definition) is 10. The van der Waals surface area contributed by atoms with Crippen molar-refractivity contribution in [2.24, 2.45) is 7.05 Å². The molecule has 13 nitrogen and oxygen atoms in total. The van der Waals surface area contributed by atoms with Crippen LogP contribution in [0.3, 0.4) is 0 Å². The highest BCUT2D eigenvalue weighted by Crippen LogP contribution is 2.33. The van der Waals surface area contributed by atoms with Gasteiger partial charge >= 0.3 is 11.9 Å². The molecule has 1 N–H and O–H groups in total. The molecule has 5 aromatic rings. The number of fused-ring (bicyclic) bond motifs is 1. The number of hydrogen-bond donors (Lipinski definition) is 1. The zero-order valence-electron chi connectivity index (χ0n) is 21.3. The van der Waals surface area contributed by atoms with Crippen molar-refractivity contribution in [3.05, 3.63) is 67.8 Å². The molecule has 0 saturated carbocycles. The fourth-order valence-electron chi connectivity index (χ4n) is 4.07. The number of nitrogens with zero attached hydrogens (tertiary/aromatic N) is 8. The quantitative estimate of drug-likeness (QED) is 0.322. The largest absolute Gasteiger partial charge is 0.433 e. The summed E-state index contributed by atoms with van der Waals surface area (Å²) in [5, 5.41) is 8.18. The molecule has 0 aliphatic heterocycles. The molecule has 0 bridgehead atoms. The molecule has 1 atom stereocenters. The maximum Gasteiger partial charge on any atom is 0.433 e. The number of pyridine rings is 1. The molecule has 5 aromatic heterocycles. The Balaban J connectivity index is 1.41. The van der Waals surface area contributed by atoms with Gasteiger partial charge < -0.3 is 14.4 Å². The minimum atomic E-state index is -4.57. The van der Waals surface area contributed by atoms with Crippen LogP contribution in [0.5, 0.6) is 0 Å². The van der Waals surface area contributed by atoms with Crippen molar-refractivity contribution in [1.82, 2.24) is 38.8 Å². The highest BCUT2D eigenvalue weighted by atomic mass is 32.1. The lowest BCUT2D eigenvalue weighted by atomic mass is 10.1. The van der Waals surface area contributed by atoms with Crippen molar-refractivity contribution in [3.8, 4) is 10.6 Å². The van der Waals surface area contributed by atoms with Gasteiger partial charge in [-0.1, -0.05) is 5.16 Å². The van der Waals surface area contributed by atoms with Crippen LogP contribution in [0.1, 0.15) is 35.9 Å². The molecule has 40 heavy (non-hydrogen) atoms. The van der Waals surface area contributed by atoms with E-state index in [9.17, 15) is 27.6 Å². The second kappa shape index (κ2) is 9.82. The number of anilines is 1. The predicted molar refractivity (Wildman–Crippen MR) is 136 cm³/mol. The first-order valence-electron chi connectivity index (χ1n) is 11.6. The molecule has 0 aliphatic rings. The number of halogens is 3. The van der Waals surface area contributed by atoms with Gasteiger partial charge in [0.25, 0.3) is 5.56 Å². The minimum absolute atomic E-state index is 0.00579. The molecule has 0 spiro atoms. The van der Waals surface area contributed by atoms with Crippen LogP contribution in [0.25, 0.3) is 21.7 Å². The van der Waals surface area contributed by atoms with Crippen molar-refractivity contribution < 1.29 is 22.5 Å². The van der Waals surface area contributed by atoms with Crippen molar-refractivity contribution in [1.29, 1.82) is 0 Å². The second-order valence-electron chi connectivity index (χ2n) is 8.88. The van der Waals surface area contributed by atoms with Gasteiger partial charge in [0.05, 0.1) is 6.33 Å². The van der Waals surface area contributed by atoms with E-state index in [1.807, 2.05) is 0 Å². The number of carbonyl (C=O) groups is 1. The van der Waals surface area contributed by atoms with Crippen LogP contribution < -0.4 is 16.6 Å². The Morgan fingerprint density at radius 3 is 2.60 bits per heavy atom. The summed E-state index contributed by atoms with van der Waals surface area (Å²) in [7, 11) is 1.44. The number of imidazole rings is 1. The van der Waals surface area contributed by atoms with Gasteiger partial charge in [-0.05, 0) is 32.4 Å². The van der Waals surface area contributed by atoms with E-state index in [0.717, 1.165) is 22.1 Å². The lowest BCUT2D eigenvalue weighted by Crippen LogP contribution is -2.40. The third-order valence-corrected chi connectivity index (χ3v) is 6.96. The normalized spacial score (nSPS) is 12.7. The number of alkyl halides is 3. The number of amides is 1. The van der Waals surface area contributed by atoms with Gasteiger partial charge in [0, 0.05) is 24.2 Å². The summed E-state index contributed by atoms with van der Waals surface area (Å²) >= 11 is 1.11. The number of aromatic nitrogens is 8. The molecular weight excluding hydrogens is 555 g/mol. The van der Waals surface area contributed by atoms with Crippen LogP contribution in [-0.2, 0) is 24.6 Å². The number of aryl methyl sites for hydroxylation is 3. The molecule has 17 heteroatoms. The lowest BCUT2D eigenvalue weighted by molar-refractivity contribution is -0.141. The summed E-state index contributed by atoms with van der Waals surface area (Å²) < 4.78 is 47.5. The van der Waals surface area contributed by atoms with Crippen LogP contribution >= 0.6 is 11.3 Å². The molecular formula is C23H20F3N9O4S. The molecule has 208 valence electrons. The average molecular weight is 576 g/mol. The topological polar surface area (TPSA) is 156 Å². The monoisotopic (exact) mass is 575 g/mol. The summed E-state index contributed by atoms with van der Waals surface area (Å²) in [5.41, 5.74) is -1.94. The number of thiazole rings is 1. The fraction of sp³-hybridized carbons (Fsp3) is 0.304. The zero-order chi connectivity index (χ0) is 28.9. The SMILES string of the molecule is Cc1noc(Cn2c(=O)c3c(ncn3[C@@H](C)C(=O)Nc3csc(-c4cnc(C(F)(F)F)c(C)c4)n3)n(C)c2=O)n1. The number of nitrogens with one attached hydrogen (secondary N) is 1. The highest BCUT2D eigenvalue weighted by Gasteiger charge is 2.34. The van der Waals surface area contributed by atoms with Crippen molar-refractivity contribution in [2.75, 3.05) is 5.32 Å². The van der Waals surface area contributed by atoms with E-state index in [4.69, 9.17) is 4.52 Å². The highest BCUT2D eigenvalue weighted by molar-refractivity contribution is 7.13. The van der Waals surface area contributed by atoms with Crippen molar-refractivity contribution >= 4 is 34.2 Å². The van der Waals surface area contributed by atoms with Crippen molar-refractivity contribution in [3.63, 3.8) is 0 Å². The van der Waals surface area contributed by atoms with Gasteiger partial charge in [-0.25, -0.2) is 19.3 Å². The zero-order valence-corrected chi connectivity index (χ0v) is 22.2. The van der Waals surface area contributed by atoms with E-state index in [0.29, 0.717) is 16.4 Å². The average Bonchev–Trinajstić information content (AvgIpc) is 3.64. The van der Waals surface area contributed by atoms with Crippen LogP contribution in [0.15, 0.2) is 38.1 Å². The third-order valence-electron chi connectivity index (χ3n) is 6.07. The van der Waals surface area contributed by atoms with Crippen LogP contribution in [0, 0.1) is 13.8 Å². The molecule has 0 aromatic carbocycles. The van der Waals surface area contributed by atoms with Gasteiger partial charge in [0.1, 0.15) is 29.1 Å². The lowest BCUT2D eigenvalue weighted by Gasteiger charge is -2.14. The van der Waals surface area contributed by atoms with E-state index >= 15 is 0 Å². The maximum absolute atomic E-state index is 13.3. The molecule has 5 rings (SSSR count). The maximum atomic E-state index is 13.3. The van der Waals surface area contributed by atoms with E-state index in [1.165, 1.54) is 47.8 Å². The van der Waals surface area contributed by atoms with Crippen LogP contribution in [0.4, 0.5) is 19.0 Å². The number of rotatable bonds is 6. The molecule has 0 radical (unpaired) electrons. The van der Waals surface area contributed by atoms with E-state index in [2.05, 4.69) is 30.4 Å². The Hall–Kier alpha value is -4.67. The molecule has 5 heterocycles. The Labute approximate surface area is 225 Å². The molecule has 0 unspecified atom stereocenters. The minimum Gasteiger partial charge on any atom is -0.337 e. The Kier molecular flexibility index (Phi) is 6.61. The first-order valence-corrected chi connectivity index (χ1v) is 12.5. The summed E-state index contributed by atoms with van der Waals surface area (Å²) in [5.74, 6) is 0.0116. The third kappa shape index (κ3) is 4.78. The van der Waals surface area contributed by atoms with E-state index in [-0.39, 0.29) is 35.0 Å². The molecule has 0 saturated heterocycles. The molecule has 0 aliphatic carbocycles. The molecule has 1 amide bonds. The summed E-state index contributed by atoms with van der Waals surface area (Å²) in [6, 6.07) is 0.361. The van der Waals surface area contributed by atoms with E-state index in [1.54, 1.807) is 6.92 Å². The summed E-state index contributed by atoms with van der Waals surface area (Å²) in [6.07, 6.45) is -2.22. The van der Waals surface area contributed by atoms with Gasteiger partial charge in [0.15, 0.2) is 17.0 Å². The van der Waals surface area contributed by atoms with Gasteiger partial charge in [0.2, 0.25) is 11.8 Å². The Morgan fingerprint density at radius 2 is 1.95 bits per heavy atom. The van der Waals surface area contributed by atoms with Crippen LogP contribution in [-0.4, -0.2) is 44.7 Å². The predicted octanol–water partition coefficient (Wildman–Crippen LogP) is 2.68. The van der Waals surface area contributed by atoms with Gasteiger partial charge in [-0.15, -0.1) is 11.3 Å². The first kappa shape index (κ1) is 26.9. The second-order valence-corrected chi connectivity index (χ2v) is 9.74. The summed E-state index contributed by atoms with van der Waals surface area (Å²) in [4.78, 5) is 55.3. The number of carbonyl (C=O) groups excluding carboxylic acids is 1.